The molecule has 0 amide bonds. The highest BCUT2D eigenvalue weighted by Gasteiger charge is 2.42. The average Bonchev–Trinajstić information content (AvgIpc) is 2.19. The summed E-state index contributed by atoms with van der Waals surface area (Å²) in [5.74, 6) is -0.201. The summed E-state index contributed by atoms with van der Waals surface area (Å²) in [7, 11) is 0. The summed E-state index contributed by atoms with van der Waals surface area (Å²) in [4.78, 5) is 12.5. The Hall–Kier alpha value is -1.15. The Labute approximate surface area is 116 Å². The van der Waals surface area contributed by atoms with E-state index in [1.54, 1.807) is 12.2 Å². The fraction of sp³-hybridized carbons (Fsp3) is 0.588. The number of hydrogen-bond acceptors (Lipinski definition) is 2. The van der Waals surface area contributed by atoms with Crippen molar-refractivity contribution in [3.05, 3.63) is 36.0 Å². The second-order valence-corrected chi connectivity index (χ2v) is 7.40. The van der Waals surface area contributed by atoms with Crippen molar-refractivity contribution in [2.24, 2.45) is 10.8 Å². The monoisotopic (exact) mass is 262 g/mol. The SMILES string of the molecule is C=CCC1(O)C=C(C(C)(C)C)C=C(C(C)(C)C)C1=O. The second kappa shape index (κ2) is 4.75. The van der Waals surface area contributed by atoms with Crippen LogP contribution in [-0.4, -0.2) is 16.5 Å². The molecule has 106 valence electrons. The molecule has 19 heavy (non-hydrogen) atoms. The number of allylic oxidation sites excluding steroid dienone is 2. The number of carbonyl (C=O) groups is 1. The third kappa shape index (κ3) is 3.24. The van der Waals surface area contributed by atoms with Gasteiger partial charge in [-0.1, -0.05) is 53.7 Å². The fourth-order valence-corrected chi connectivity index (χ4v) is 2.18. The van der Waals surface area contributed by atoms with Crippen LogP contribution in [0.15, 0.2) is 36.0 Å². The minimum Gasteiger partial charge on any atom is -0.377 e. The van der Waals surface area contributed by atoms with Crippen molar-refractivity contribution in [1.29, 1.82) is 0 Å². The molecule has 0 heterocycles. The molecule has 2 nitrogen and oxygen atoms in total. The molecule has 1 atom stereocenters. The normalized spacial score (nSPS) is 24.9. The van der Waals surface area contributed by atoms with Gasteiger partial charge in [0.05, 0.1) is 0 Å². The van der Waals surface area contributed by atoms with Gasteiger partial charge in [-0.2, -0.15) is 0 Å². The Balaban J connectivity index is 3.44. The van der Waals surface area contributed by atoms with Gasteiger partial charge < -0.3 is 5.11 Å². The summed E-state index contributed by atoms with van der Waals surface area (Å²) in [6, 6.07) is 0. The van der Waals surface area contributed by atoms with Crippen LogP contribution in [0.2, 0.25) is 0 Å². The zero-order valence-corrected chi connectivity index (χ0v) is 13.0. The molecule has 0 aromatic heterocycles. The van der Waals surface area contributed by atoms with E-state index in [9.17, 15) is 9.90 Å². The third-order valence-electron chi connectivity index (χ3n) is 3.46. The molecule has 0 saturated heterocycles. The largest absolute Gasteiger partial charge is 0.377 e. The average molecular weight is 262 g/mol. The Kier molecular flexibility index (Phi) is 3.98. The highest BCUT2D eigenvalue weighted by Crippen LogP contribution is 2.40. The highest BCUT2D eigenvalue weighted by molar-refractivity contribution is 6.06. The Morgan fingerprint density at radius 3 is 2.11 bits per heavy atom. The topological polar surface area (TPSA) is 37.3 Å². The lowest BCUT2D eigenvalue weighted by atomic mass is 9.69. The van der Waals surface area contributed by atoms with Crippen LogP contribution in [0.25, 0.3) is 0 Å². The van der Waals surface area contributed by atoms with Gasteiger partial charge in [0.25, 0.3) is 0 Å². The molecule has 1 unspecified atom stereocenters. The second-order valence-electron chi connectivity index (χ2n) is 7.40. The molecule has 1 N–H and O–H groups in total. The van der Waals surface area contributed by atoms with E-state index in [4.69, 9.17) is 0 Å². The van der Waals surface area contributed by atoms with Gasteiger partial charge in [0.15, 0.2) is 5.78 Å². The summed E-state index contributed by atoms with van der Waals surface area (Å²) >= 11 is 0. The molecule has 0 saturated carbocycles. The molecule has 0 radical (unpaired) electrons. The van der Waals surface area contributed by atoms with Crippen LogP contribution in [0.5, 0.6) is 0 Å². The summed E-state index contributed by atoms with van der Waals surface area (Å²) in [6.45, 7) is 15.9. The van der Waals surface area contributed by atoms with E-state index < -0.39 is 5.60 Å². The van der Waals surface area contributed by atoms with E-state index >= 15 is 0 Å². The Morgan fingerprint density at radius 1 is 1.21 bits per heavy atom. The molecular formula is C17H26O2. The molecule has 0 spiro atoms. The van der Waals surface area contributed by atoms with Gasteiger partial charge in [-0.3, -0.25) is 4.79 Å². The van der Waals surface area contributed by atoms with Crippen molar-refractivity contribution in [1.82, 2.24) is 0 Å². The molecule has 0 aromatic rings. The predicted octanol–water partition coefficient (Wildman–Crippen LogP) is 3.82. The maximum Gasteiger partial charge on any atom is 0.195 e. The molecule has 0 bridgehead atoms. The van der Waals surface area contributed by atoms with E-state index in [0.29, 0.717) is 5.57 Å². The van der Waals surface area contributed by atoms with Gasteiger partial charge in [0, 0.05) is 12.0 Å². The van der Waals surface area contributed by atoms with Crippen LogP contribution >= 0.6 is 0 Å². The van der Waals surface area contributed by atoms with E-state index in [2.05, 4.69) is 27.4 Å². The van der Waals surface area contributed by atoms with Gasteiger partial charge >= 0.3 is 0 Å². The molecular weight excluding hydrogens is 236 g/mol. The van der Waals surface area contributed by atoms with E-state index in [-0.39, 0.29) is 23.0 Å². The zero-order valence-electron chi connectivity index (χ0n) is 13.0. The molecule has 2 heteroatoms. The Morgan fingerprint density at radius 2 is 1.74 bits per heavy atom. The van der Waals surface area contributed by atoms with Gasteiger partial charge in [0.2, 0.25) is 0 Å². The third-order valence-corrected chi connectivity index (χ3v) is 3.46. The quantitative estimate of drug-likeness (QED) is 0.768. The van der Waals surface area contributed by atoms with Crippen molar-refractivity contribution in [3.8, 4) is 0 Å². The molecule has 1 aliphatic carbocycles. The predicted molar refractivity (Wildman–Crippen MR) is 79.8 cm³/mol. The molecule has 0 fully saturated rings. The van der Waals surface area contributed by atoms with Gasteiger partial charge in [-0.25, -0.2) is 0 Å². The summed E-state index contributed by atoms with van der Waals surface area (Å²) < 4.78 is 0. The summed E-state index contributed by atoms with van der Waals surface area (Å²) in [5.41, 5.74) is -0.143. The fourth-order valence-electron chi connectivity index (χ4n) is 2.18. The number of hydrogen-bond donors (Lipinski definition) is 1. The first kappa shape index (κ1) is 15.9. The van der Waals surface area contributed by atoms with E-state index in [1.165, 1.54) is 0 Å². The van der Waals surface area contributed by atoms with Crippen LogP contribution in [-0.2, 0) is 4.79 Å². The standard InChI is InChI=1S/C17H26O2/c1-8-9-17(19)11-12(15(2,3)4)10-13(14(17)18)16(5,6)7/h8,10-11,19H,1,9H2,2-7H3. The number of rotatable bonds is 2. The first-order valence-corrected chi connectivity index (χ1v) is 6.75. The summed E-state index contributed by atoms with van der Waals surface area (Å²) in [6.07, 6.45) is 5.49. The summed E-state index contributed by atoms with van der Waals surface area (Å²) in [5, 5.41) is 10.7. The van der Waals surface area contributed by atoms with Crippen molar-refractivity contribution >= 4 is 5.78 Å². The number of carbonyl (C=O) groups excluding carboxylic acids is 1. The lowest BCUT2D eigenvalue weighted by molar-refractivity contribution is -0.130. The minimum absolute atomic E-state index is 0.105. The van der Waals surface area contributed by atoms with Crippen LogP contribution in [0.3, 0.4) is 0 Å². The Bertz CT molecular complexity index is 453. The molecule has 0 aromatic carbocycles. The maximum atomic E-state index is 12.5. The number of Topliss-reactive ketones (excluding diaryl/α,β-unsaturated/α-hetero) is 1. The van der Waals surface area contributed by atoms with Crippen LogP contribution in [0.1, 0.15) is 48.0 Å². The van der Waals surface area contributed by atoms with Crippen LogP contribution in [0.4, 0.5) is 0 Å². The van der Waals surface area contributed by atoms with Gasteiger partial charge in [-0.15, -0.1) is 6.58 Å². The van der Waals surface area contributed by atoms with Crippen molar-refractivity contribution in [3.63, 3.8) is 0 Å². The first-order valence-electron chi connectivity index (χ1n) is 6.75. The van der Waals surface area contributed by atoms with E-state index in [1.807, 2.05) is 26.8 Å². The lowest BCUT2D eigenvalue weighted by Crippen LogP contribution is -2.43. The number of aliphatic hydroxyl groups is 1. The molecule has 1 aliphatic rings. The van der Waals surface area contributed by atoms with Crippen LogP contribution in [0, 0.1) is 10.8 Å². The van der Waals surface area contributed by atoms with E-state index in [0.717, 1.165) is 5.57 Å². The molecule has 1 rings (SSSR count). The van der Waals surface area contributed by atoms with Gasteiger partial charge in [-0.05, 0) is 22.5 Å². The first-order chi connectivity index (χ1) is 8.42. The number of ketones is 1. The highest BCUT2D eigenvalue weighted by atomic mass is 16.3. The van der Waals surface area contributed by atoms with Gasteiger partial charge in [0.1, 0.15) is 5.60 Å². The zero-order chi connectivity index (χ0) is 15.1. The van der Waals surface area contributed by atoms with Crippen molar-refractivity contribution < 1.29 is 9.90 Å². The van der Waals surface area contributed by atoms with Crippen molar-refractivity contribution in [2.45, 2.75) is 53.6 Å². The van der Waals surface area contributed by atoms with Crippen LogP contribution < -0.4 is 0 Å². The molecule has 0 aliphatic heterocycles. The minimum atomic E-state index is -1.44. The maximum absolute atomic E-state index is 12.5. The lowest BCUT2D eigenvalue weighted by Gasteiger charge is -2.36. The smallest absolute Gasteiger partial charge is 0.195 e. The van der Waals surface area contributed by atoms with Crippen molar-refractivity contribution in [2.75, 3.05) is 0 Å².